The van der Waals surface area contributed by atoms with E-state index >= 15 is 0 Å². The second kappa shape index (κ2) is 6.81. The first-order valence-electron chi connectivity index (χ1n) is 8.04. The average molecular weight is 351 g/mol. The van der Waals surface area contributed by atoms with Gasteiger partial charge in [-0.1, -0.05) is 43.0 Å². The third kappa shape index (κ3) is 3.38. The van der Waals surface area contributed by atoms with Gasteiger partial charge in [0.15, 0.2) is 0 Å². The number of amides is 3. The number of nitrogens with one attached hydrogen (secondary N) is 1. The van der Waals surface area contributed by atoms with Gasteiger partial charge in [-0.05, 0) is 30.5 Å². The Morgan fingerprint density at radius 2 is 2.00 bits per heavy atom. The molecule has 1 saturated heterocycles. The van der Waals surface area contributed by atoms with E-state index in [0.717, 1.165) is 29.7 Å². The Morgan fingerprint density at radius 3 is 2.71 bits per heavy atom. The molecular formula is C17H19ClN2O4. The summed E-state index contributed by atoms with van der Waals surface area (Å²) in [5.41, 5.74) is -0.0699. The maximum Gasteiger partial charge on any atom is 0.326 e. The highest BCUT2D eigenvalue weighted by molar-refractivity contribution is 6.30. The van der Waals surface area contributed by atoms with Crippen LogP contribution in [0.4, 0.5) is 4.79 Å². The molecule has 1 heterocycles. The largest absolute Gasteiger partial charge is 0.459 e. The number of rotatable bonds is 4. The van der Waals surface area contributed by atoms with Gasteiger partial charge >= 0.3 is 12.0 Å². The zero-order valence-electron chi connectivity index (χ0n) is 13.2. The van der Waals surface area contributed by atoms with Crippen LogP contribution in [0.2, 0.25) is 5.02 Å². The van der Waals surface area contributed by atoms with Crippen molar-refractivity contribution in [2.24, 2.45) is 0 Å². The van der Waals surface area contributed by atoms with Crippen LogP contribution in [0.15, 0.2) is 24.3 Å². The highest BCUT2D eigenvalue weighted by Gasteiger charge is 2.51. The number of ether oxygens (including phenoxy) is 1. The maximum atomic E-state index is 12.6. The minimum absolute atomic E-state index is 0.0498. The second-order valence-corrected chi connectivity index (χ2v) is 6.69. The topological polar surface area (TPSA) is 75.7 Å². The molecule has 6 nitrogen and oxygen atoms in total. The third-order valence-electron chi connectivity index (χ3n) is 4.53. The summed E-state index contributed by atoms with van der Waals surface area (Å²) in [4.78, 5) is 37.6. The number of esters is 1. The molecule has 0 atom stereocenters. The highest BCUT2D eigenvalue weighted by atomic mass is 35.5. The minimum atomic E-state index is -0.817. The molecule has 0 bridgehead atoms. The van der Waals surface area contributed by atoms with Crippen LogP contribution < -0.4 is 5.32 Å². The summed E-state index contributed by atoms with van der Waals surface area (Å²) < 4.78 is 5.15. The Labute approximate surface area is 145 Å². The van der Waals surface area contributed by atoms with E-state index in [9.17, 15) is 14.4 Å². The molecule has 24 heavy (non-hydrogen) atoms. The Hall–Kier alpha value is -2.08. The first kappa shape index (κ1) is 16.8. The molecule has 0 aromatic heterocycles. The molecule has 3 amide bonds. The Kier molecular flexibility index (Phi) is 4.76. The lowest BCUT2D eigenvalue weighted by Gasteiger charge is -2.30. The van der Waals surface area contributed by atoms with Gasteiger partial charge < -0.3 is 10.1 Å². The summed E-state index contributed by atoms with van der Waals surface area (Å²) in [6.07, 6.45) is 4.13. The van der Waals surface area contributed by atoms with Crippen molar-refractivity contribution in [2.75, 3.05) is 6.54 Å². The van der Waals surface area contributed by atoms with Crippen molar-refractivity contribution in [2.45, 2.75) is 44.2 Å². The van der Waals surface area contributed by atoms with Crippen LogP contribution in [0.25, 0.3) is 0 Å². The van der Waals surface area contributed by atoms with Gasteiger partial charge in [0, 0.05) is 5.02 Å². The predicted octanol–water partition coefficient (Wildman–Crippen LogP) is 2.64. The van der Waals surface area contributed by atoms with Crippen molar-refractivity contribution in [1.82, 2.24) is 10.2 Å². The fourth-order valence-corrected chi connectivity index (χ4v) is 3.49. The second-order valence-electron chi connectivity index (χ2n) is 6.25. The lowest BCUT2D eigenvalue weighted by atomic mass is 9.82. The van der Waals surface area contributed by atoms with E-state index in [1.54, 1.807) is 24.3 Å². The van der Waals surface area contributed by atoms with Gasteiger partial charge in [0.25, 0.3) is 5.91 Å². The summed E-state index contributed by atoms with van der Waals surface area (Å²) in [5, 5.41) is 3.32. The first-order chi connectivity index (χ1) is 11.5. The summed E-state index contributed by atoms with van der Waals surface area (Å²) in [5.74, 6) is -0.932. The number of urea groups is 1. The van der Waals surface area contributed by atoms with E-state index in [2.05, 4.69) is 5.32 Å². The van der Waals surface area contributed by atoms with Gasteiger partial charge in [0.2, 0.25) is 0 Å². The van der Waals surface area contributed by atoms with Gasteiger partial charge in [-0.2, -0.15) is 0 Å². The van der Waals surface area contributed by atoms with Crippen molar-refractivity contribution in [3.8, 4) is 0 Å². The molecule has 2 fully saturated rings. The monoisotopic (exact) mass is 350 g/mol. The smallest absolute Gasteiger partial charge is 0.326 e. The number of hydrogen-bond donors (Lipinski definition) is 1. The van der Waals surface area contributed by atoms with Crippen molar-refractivity contribution in [1.29, 1.82) is 0 Å². The van der Waals surface area contributed by atoms with E-state index in [-0.39, 0.29) is 19.1 Å². The standard InChI is InChI=1S/C17H19ClN2O4/c18-13-6-4-5-12(9-13)11-24-14(21)10-20-15(22)17(19-16(20)23)7-2-1-3-8-17/h4-6,9H,1-3,7-8,10-11H2,(H,19,23). The molecule has 0 unspecified atom stereocenters. The Morgan fingerprint density at radius 1 is 1.25 bits per heavy atom. The van der Waals surface area contributed by atoms with Gasteiger partial charge in [0.05, 0.1) is 0 Å². The van der Waals surface area contributed by atoms with Gasteiger partial charge in [-0.15, -0.1) is 0 Å². The minimum Gasteiger partial charge on any atom is -0.459 e. The van der Waals surface area contributed by atoms with E-state index in [1.807, 2.05) is 0 Å². The van der Waals surface area contributed by atoms with Gasteiger partial charge in [0.1, 0.15) is 18.7 Å². The van der Waals surface area contributed by atoms with Crippen LogP contribution in [0.3, 0.4) is 0 Å². The van der Waals surface area contributed by atoms with Gasteiger partial charge in [-0.3, -0.25) is 14.5 Å². The molecule has 1 spiro atoms. The molecule has 7 heteroatoms. The number of benzene rings is 1. The van der Waals surface area contributed by atoms with E-state index < -0.39 is 17.5 Å². The van der Waals surface area contributed by atoms with Crippen molar-refractivity contribution < 1.29 is 19.1 Å². The van der Waals surface area contributed by atoms with E-state index in [1.165, 1.54) is 0 Å². The predicted molar refractivity (Wildman–Crippen MR) is 87.3 cm³/mol. The summed E-state index contributed by atoms with van der Waals surface area (Å²) in [7, 11) is 0. The molecule has 3 rings (SSSR count). The Balaban J connectivity index is 1.58. The molecule has 1 aliphatic carbocycles. The molecule has 0 radical (unpaired) electrons. The molecule has 1 N–H and O–H groups in total. The first-order valence-corrected chi connectivity index (χ1v) is 8.42. The molecular weight excluding hydrogens is 332 g/mol. The molecule has 1 aliphatic heterocycles. The normalized spacial score (nSPS) is 19.5. The van der Waals surface area contributed by atoms with Crippen LogP contribution >= 0.6 is 11.6 Å². The zero-order chi connectivity index (χ0) is 17.2. The molecule has 2 aliphatic rings. The SMILES string of the molecule is O=C(CN1C(=O)NC2(CCCCC2)C1=O)OCc1cccc(Cl)c1. The number of imide groups is 1. The van der Waals surface area contributed by atoms with Crippen molar-refractivity contribution in [3.63, 3.8) is 0 Å². The van der Waals surface area contributed by atoms with E-state index in [0.29, 0.717) is 17.9 Å². The van der Waals surface area contributed by atoms with Crippen LogP contribution in [-0.2, 0) is 20.9 Å². The molecule has 1 saturated carbocycles. The van der Waals surface area contributed by atoms with Crippen molar-refractivity contribution in [3.05, 3.63) is 34.9 Å². The summed E-state index contributed by atoms with van der Waals surface area (Å²) >= 11 is 5.87. The van der Waals surface area contributed by atoms with Crippen molar-refractivity contribution >= 4 is 29.5 Å². The van der Waals surface area contributed by atoms with Crippen LogP contribution in [0.1, 0.15) is 37.7 Å². The maximum absolute atomic E-state index is 12.6. The van der Waals surface area contributed by atoms with Crippen LogP contribution in [-0.4, -0.2) is 34.9 Å². The summed E-state index contributed by atoms with van der Waals surface area (Å²) in [6.45, 7) is -0.318. The molecule has 1 aromatic carbocycles. The van der Waals surface area contributed by atoms with Gasteiger partial charge in [-0.25, -0.2) is 4.79 Å². The molecule has 1 aromatic rings. The van der Waals surface area contributed by atoms with Crippen LogP contribution in [0, 0.1) is 0 Å². The fraction of sp³-hybridized carbons (Fsp3) is 0.471. The Bertz CT molecular complexity index is 670. The average Bonchev–Trinajstić information content (AvgIpc) is 2.78. The number of carbonyl (C=O) groups excluding carboxylic acids is 3. The number of carbonyl (C=O) groups is 3. The fourth-order valence-electron chi connectivity index (χ4n) is 3.28. The number of nitrogens with zero attached hydrogens (tertiary/aromatic N) is 1. The number of hydrogen-bond acceptors (Lipinski definition) is 4. The zero-order valence-corrected chi connectivity index (χ0v) is 14.0. The van der Waals surface area contributed by atoms with E-state index in [4.69, 9.17) is 16.3 Å². The number of halogens is 1. The highest BCUT2D eigenvalue weighted by Crippen LogP contribution is 2.33. The molecule has 128 valence electrons. The quantitative estimate of drug-likeness (QED) is 0.669. The third-order valence-corrected chi connectivity index (χ3v) is 4.76. The van der Waals surface area contributed by atoms with Crippen LogP contribution in [0.5, 0.6) is 0 Å². The lowest BCUT2D eigenvalue weighted by molar-refractivity contribution is -0.149. The lowest BCUT2D eigenvalue weighted by Crippen LogP contribution is -2.48. The summed E-state index contributed by atoms with van der Waals surface area (Å²) in [6, 6.07) is 6.45.